The normalized spacial score (nSPS) is 11.8. The molecule has 0 radical (unpaired) electrons. The zero-order valence-electron chi connectivity index (χ0n) is 21.2. The van der Waals surface area contributed by atoms with Crippen LogP contribution in [0.1, 0.15) is 67.7 Å². The molecule has 3 aromatic carbocycles. The highest BCUT2D eigenvalue weighted by Gasteiger charge is 2.31. The highest BCUT2D eigenvalue weighted by molar-refractivity contribution is 5.88. The molecule has 0 spiro atoms. The van der Waals surface area contributed by atoms with Crippen molar-refractivity contribution in [3.63, 3.8) is 0 Å². The van der Waals surface area contributed by atoms with Gasteiger partial charge in [0.15, 0.2) is 0 Å². The van der Waals surface area contributed by atoms with Gasteiger partial charge in [0, 0.05) is 25.4 Å². The Morgan fingerprint density at radius 3 is 1.94 bits per heavy atom. The Bertz CT molecular complexity index is 1030. The van der Waals surface area contributed by atoms with Crippen LogP contribution in [-0.4, -0.2) is 29.3 Å². The Labute approximate surface area is 210 Å². The highest BCUT2D eigenvalue weighted by Crippen LogP contribution is 2.30. The Hall–Kier alpha value is -3.40. The molecule has 0 aliphatic heterocycles. The molecule has 2 amide bonds. The zero-order valence-corrected chi connectivity index (χ0v) is 21.2. The topological polar surface area (TPSA) is 49.4 Å². The molecule has 1 N–H and O–H groups in total. The van der Waals surface area contributed by atoms with E-state index >= 15 is 0 Å². The molecule has 0 saturated carbocycles. The van der Waals surface area contributed by atoms with E-state index in [1.165, 1.54) is 0 Å². The first-order valence-corrected chi connectivity index (χ1v) is 12.8. The lowest BCUT2D eigenvalue weighted by atomic mass is 9.88. The molecular formula is C31H38N2O2. The third-order valence-corrected chi connectivity index (χ3v) is 6.60. The summed E-state index contributed by atoms with van der Waals surface area (Å²) in [7, 11) is 0. The molecule has 3 aromatic rings. The highest BCUT2D eigenvalue weighted by atomic mass is 16.2. The quantitative estimate of drug-likeness (QED) is 0.319. The maximum atomic E-state index is 14.0. The van der Waals surface area contributed by atoms with Gasteiger partial charge in [-0.05, 0) is 42.0 Å². The summed E-state index contributed by atoms with van der Waals surface area (Å²) < 4.78 is 0. The van der Waals surface area contributed by atoms with Gasteiger partial charge in [-0.3, -0.25) is 9.59 Å². The van der Waals surface area contributed by atoms with Gasteiger partial charge in [0.1, 0.15) is 6.04 Å². The lowest BCUT2D eigenvalue weighted by molar-refractivity contribution is -0.141. The number of aryl methyl sites for hydroxylation is 1. The maximum Gasteiger partial charge on any atom is 0.242 e. The van der Waals surface area contributed by atoms with Crippen LogP contribution in [0.4, 0.5) is 0 Å². The second-order valence-electron chi connectivity index (χ2n) is 9.09. The number of unbranched alkanes of at least 4 members (excludes halogenated alkanes) is 1. The maximum absolute atomic E-state index is 14.0. The van der Waals surface area contributed by atoms with Crippen molar-refractivity contribution in [1.82, 2.24) is 10.2 Å². The fraction of sp³-hybridized carbons (Fsp3) is 0.355. The standard InChI is InChI=1S/C31H38N2O2/c1-4-6-21-32-31(35)29(5-2)33(23-27-20-14-13-15-24(27)3)30(34)22-28(25-16-9-7-10-17-25)26-18-11-8-12-19-26/h7-20,28-29H,4-6,21-23H2,1-3H3,(H,32,35)/t29-/m1/s1. The van der Waals surface area contributed by atoms with E-state index in [1.54, 1.807) is 4.90 Å². The lowest BCUT2D eigenvalue weighted by Crippen LogP contribution is -2.49. The van der Waals surface area contributed by atoms with E-state index in [1.807, 2.05) is 61.5 Å². The molecule has 1 atom stereocenters. The number of carbonyl (C=O) groups excluding carboxylic acids is 2. The summed E-state index contributed by atoms with van der Waals surface area (Å²) in [4.78, 5) is 29.0. The van der Waals surface area contributed by atoms with Crippen molar-refractivity contribution < 1.29 is 9.59 Å². The summed E-state index contributed by atoms with van der Waals surface area (Å²) in [5.41, 5.74) is 4.39. The molecular weight excluding hydrogens is 432 g/mol. The molecule has 0 aromatic heterocycles. The number of carbonyl (C=O) groups is 2. The lowest BCUT2D eigenvalue weighted by Gasteiger charge is -2.32. The first-order chi connectivity index (χ1) is 17.0. The van der Waals surface area contributed by atoms with Gasteiger partial charge in [-0.15, -0.1) is 0 Å². The molecule has 184 valence electrons. The largest absolute Gasteiger partial charge is 0.354 e. The smallest absolute Gasteiger partial charge is 0.242 e. The molecule has 0 aliphatic rings. The number of nitrogens with one attached hydrogen (secondary N) is 1. The van der Waals surface area contributed by atoms with Crippen LogP contribution in [0.2, 0.25) is 0 Å². The van der Waals surface area contributed by atoms with Crippen LogP contribution in [-0.2, 0) is 16.1 Å². The first kappa shape index (κ1) is 26.2. The van der Waals surface area contributed by atoms with Crippen LogP contribution >= 0.6 is 0 Å². The predicted octanol–water partition coefficient (Wildman–Crippen LogP) is 6.24. The number of hydrogen-bond donors (Lipinski definition) is 1. The molecule has 0 fully saturated rings. The molecule has 3 rings (SSSR count). The van der Waals surface area contributed by atoms with Gasteiger partial charge in [0.25, 0.3) is 0 Å². The Morgan fingerprint density at radius 1 is 0.829 bits per heavy atom. The minimum absolute atomic E-state index is 0.0107. The van der Waals surface area contributed by atoms with E-state index in [4.69, 9.17) is 0 Å². The van der Waals surface area contributed by atoms with Gasteiger partial charge in [-0.25, -0.2) is 0 Å². The van der Waals surface area contributed by atoms with Crippen molar-refractivity contribution in [3.05, 3.63) is 107 Å². The molecule has 0 saturated heterocycles. The van der Waals surface area contributed by atoms with Gasteiger partial charge in [-0.1, -0.05) is 105 Å². The van der Waals surface area contributed by atoms with E-state index in [2.05, 4.69) is 49.5 Å². The van der Waals surface area contributed by atoms with Crippen LogP contribution < -0.4 is 5.32 Å². The van der Waals surface area contributed by atoms with Crippen LogP contribution in [0.25, 0.3) is 0 Å². The minimum Gasteiger partial charge on any atom is -0.354 e. The van der Waals surface area contributed by atoms with Gasteiger partial charge in [-0.2, -0.15) is 0 Å². The number of benzene rings is 3. The van der Waals surface area contributed by atoms with E-state index in [9.17, 15) is 9.59 Å². The third kappa shape index (κ3) is 7.29. The van der Waals surface area contributed by atoms with Gasteiger partial charge in [0.05, 0.1) is 0 Å². The molecule has 4 nitrogen and oxygen atoms in total. The fourth-order valence-electron chi connectivity index (χ4n) is 4.49. The summed E-state index contributed by atoms with van der Waals surface area (Å²) in [6.45, 7) is 7.19. The summed E-state index contributed by atoms with van der Waals surface area (Å²) in [6, 6.07) is 27.9. The minimum atomic E-state index is -0.508. The Balaban J connectivity index is 1.93. The molecule has 0 bridgehead atoms. The number of nitrogens with zero attached hydrogens (tertiary/aromatic N) is 1. The second kappa shape index (κ2) is 13.5. The molecule has 0 heterocycles. The van der Waals surface area contributed by atoms with Crippen molar-refractivity contribution in [2.75, 3.05) is 6.54 Å². The van der Waals surface area contributed by atoms with E-state index < -0.39 is 6.04 Å². The number of hydrogen-bond acceptors (Lipinski definition) is 2. The zero-order chi connectivity index (χ0) is 25.0. The van der Waals surface area contributed by atoms with Crippen LogP contribution in [0.3, 0.4) is 0 Å². The number of rotatable bonds is 12. The average molecular weight is 471 g/mol. The van der Waals surface area contributed by atoms with Gasteiger partial charge in [0.2, 0.25) is 11.8 Å². The Morgan fingerprint density at radius 2 is 1.40 bits per heavy atom. The predicted molar refractivity (Wildman–Crippen MR) is 143 cm³/mol. The first-order valence-electron chi connectivity index (χ1n) is 12.8. The van der Waals surface area contributed by atoms with Crippen molar-refractivity contribution >= 4 is 11.8 Å². The fourth-order valence-corrected chi connectivity index (χ4v) is 4.49. The van der Waals surface area contributed by atoms with Crippen molar-refractivity contribution in [2.24, 2.45) is 0 Å². The Kier molecular flexibility index (Phi) is 10.1. The van der Waals surface area contributed by atoms with E-state index in [0.29, 0.717) is 25.9 Å². The van der Waals surface area contributed by atoms with E-state index in [0.717, 1.165) is 35.1 Å². The molecule has 35 heavy (non-hydrogen) atoms. The SMILES string of the molecule is CCCCNC(=O)[C@@H](CC)N(Cc1ccccc1C)C(=O)CC(c1ccccc1)c1ccccc1. The molecule has 4 heteroatoms. The van der Waals surface area contributed by atoms with Crippen molar-refractivity contribution in [1.29, 1.82) is 0 Å². The van der Waals surface area contributed by atoms with Crippen LogP contribution in [0, 0.1) is 6.92 Å². The van der Waals surface area contributed by atoms with Crippen molar-refractivity contribution in [2.45, 2.75) is 65.0 Å². The van der Waals surface area contributed by atoms with Gasteiger partial charge < -0.3 is 10.2 Å². The third-order valence-electron chi connectivity index (χ3n) is 6.60. The summed E-state index contributed by atoms with van der Waals surface area (Å²) >= 11 is 0. The van der Waals surface area contributed by atoms with Crippen molar-refractivity contribution in [3.8, 4) is 0 Å². The number of amides is 2. The summed E-state index contributed by atoms with van der Waals surface area (Å²) in [5, 5.41) is 3.05. The summed E-state index contributed by atoms with van der Waals surface area (Å²) in [6.07, 6.45) is 2.81. The second-order valence-corrected chi connectivity index (χ2v) is 9.09. The van der Waals surface area contributed by atoms with Gasteiger partial charge >= 0.3 is 0 Å². The molecule has 0 aliphatic carbocycles. The van der Waals surface area contributed by atoms with Crippen LogP contribution in [0.5, 0.6) is 0 Å². The molecule has 0 unspecified atom stereocenters. The average Bonchev–Trinajstić information content (AvgIpc) is 2.89. The monoisotopic (exact) mass is 470 g/mol. The van der Waals surface area contributed by atoms with Crippen LogP contribution in [0.15, 0.2) is 84.9 Å². The summed E-state index contributed by atoms with van der Waals surface area (Å²) in [5.74, 6) is -0.160. The van der Waals surface area contributed by atoms with E-state index in [-0.39, 0.29) is 17.7 Å².